The highest BCUT2D eigenvalue weighted by atomic mass is 79.9. The molecule has 0 bridgehead atoms. The Bertz CT molecular complexity index is 475. The quantitative estimate of drug-likeness (QED) is 0.731. The Morgan fingerprint density at radius 1 is 1.38 bits per heavy atom. The summed E-state index contributed by atoms with van der Waals surface area (Å²) in [6.07, 6.45) is 2.12. The molecule has 1 aromatic heterocycles. The largest absolute Gasteiger partial charge is 0.457 e. The maximum Gasteiger partial charge on any atom is 0.134 e. The van der Waals surface area contributed by atoms with Crippen LogP contribution in [0.15, 0.2) is 40.3 Å². The van der Waals surface area contributed by atoms with E-state index < -0.39 is 0 Å². The maximum absolute atomic E-state index is 5.75. The van der Waals surface area contributed by atoms with Gasteiger partial charge in [0.05, 0.1) is 0 Å². The van der Waals surface area contributed by atoms with Gasteiger partial charge in [0, 0.05) is 10.7 Å². The second kappa shape index (κ2) is 4.88. The number of para-hydroxylation sites is 1. The molecule has 0 N–H and O–H groups in total. The smallest absolute Gasteiger partial charge is 0.134 e. The van der Waals surface area contributed by atoms with Gasteiger partial charge in [0.1, 0.15) is 11.3 Å². The highest BCUT2D eigenvalue weighted by molar-refractivity contribution is 9.09. The van der Waals surface area contributed by atoms with E-state index in [1.54, 1.807) is 0 Å². The molecule has 2 heteroatoms. The van der Waals surface area contributed by atoms with Crippen LogP contribution >= 0.6 is 15.9 Å². The molecule has 0 amide bonds. The lowest BCUT2D eigenvalue weighted by Gasteiger charge is -2.05. The van der Waals surface area contributed by atoms with Gasteiger partial charge in [-0.25, -0.2) is 0 Å². The van der Waals surface area contributed by atoms with Crippen molar-refractivity contribution < 1.29 is 4.42 Å². The van der Waals surface area contributed by atoms with Gasteiger partial charge in [-0.1, -0.05) is 53.5 Å². The first-order valence-corrected chi connectivity index (χ1v) is 6.58. The van der Waals surface area contributed by atoms with Gasteiger partial charge in [0.2, 0.25) is 0 Å². The van der Waals surface area contributed by atoms with E-state index in [-0.39, 0.29) is 0 Å². The van der Waals surface area contributed by atoms with Crippen molar-refractivity contribution in [3.05, 3.63) is 41.7 Å². The molecule has 0 aliphatic rings. The molecule has 2 rings (SSSR count). The van der Waals surface area contributed by atoms with Crippen molar-refractivity contribution in [2.24, 2.45) is 5.92 Å². The summed E-state index contributed by atoms with van der Waals surface area (Å²) in [6.45, 7) is 4.38. The lowest BCUT2D eigenvalue weighted by molar-refractivity contribution is 0.602. The van der Waals surface area contributed by atoms with Crippen LogP contribution in [-0.4, -0.2) is 5.33 Å². The van der Waals surface area contributed by atoms with Crippen molar-refractivity contribution in [3.63, 3.8) is 0 Å². The van der Waals surface area contributed by atoms with Crippen molar-refractivity contribution in [2.45, 2.75) is 13.8 Å². The first-order chi connectivity index (χ1) is 7.70. The zero-order valence-corrected chi connectivity index (χ0v) is 11.1. The number of fused-ring (bicyclic) bond motifs is 1. The van der Waals surface area contributed by atoms with Crippen molar-refractivity contribution in [3.8, 4) is 0 Å². The fourth-order valence-electron chi connectivity index (χ4n) is 1.62. The summed E-state index contributed by atoms with van der Waals surface area (Å²) in [5, 5.41) is 2.05. The van der Waals surface area contributed by atoms with Crippen molar-refractivity contribution in [1.82, 2.24) is 0 Å². The third kappa shape index (κ3) is 2.38. The Balaban J connectivity index is 2.40. The van der Waals surface area contributed by atoms with Crippen LogP contribution in [0.2, 0.25) is 0 Å². The third-order valence-electron chi connectivity index (χ3n) is 2.67. The number of furan rings is 1. The first-order valence-electron chi connectivity index (χ1n) is 5.45. The van der Waals surface area contributed by atoms with E-state index in [1.165, 1.54) is 5.57 Å². The fourth-order valence-corrected chi connectivity index (χ4v) is 2.43. The number of hydrogen-bond acceptors (Lipinski definition) is 1. The summed E-state index contributed by atoms with van der Waals surface area (Å²) in [6, 6.07) is 10.2. The summed E-state index contributed by atoms with van der Waals surface area (Å²) in [5.74, 6) is 1.47. The first kappa shape index (κ1) is 11.5. The number of halogens is 1. The third-order valence-corrected chi connectivity index (χ3v) is 3.32. The van der Waals surface area contributed by atoms with Crippen LogP contribution < -0.4 is 0 Å². The Morgan fingerprint density at radius 3 is 2.75 bits per heavy atom. The van der Waals surface area contributed by atoms with Crippen LogP contribution in [0.25, 0.3) is 17.0 Å². The molecule has 1 nitrogen and oxygen atoms in total. The van der Waals surface area contributed by atoms with E-state index in [1.807, 2.05) is 18.2 Å². The van der Waals surface area contributed by atoms with E-state index in [9.17, 15) is 0 Å². The van der Waals surface area contributed by atoms with Crippen LogP contribution in [0.3, 0.4) is 0 Å². The normalized spacial score (nSPS) is 12.6. The minimum atomic E-state index is 0.535. The Morgan fingerprint density at radius 2 is 2.12 bits per heavy atom. The number of hydrogen-bond donors (Lipinski definition) is 0. The van der Waals surface area contributed by atoms with Gasteiger partial charge in [-0.2, -0.15) is 0 Å². The maximum atomic E-state index is 5.75. The van der Waals surface area contributed by atoms with E-state index in [4.69, 9.17) is 4.42 Å². The molecule has 0 unspecified atom stereocenters. The predicted octanol–water partition coefficient (Wildman–Crippen LogP) is 4.87. The topological polar surface area (TPSA) is 13.1 Å². The lowest BCUT2D eigenvalue weighted by Crippen LogP contribution is -1.94. The van der Waals surface area contributed by atoms with Gasteiger partial charge >= 0.3 is 0 Å². The molecule has 0 spiro atoms. The molecule has 0 aliphatic carbocycles. The summed E-state index contributed by atoms with van der Waals surface area (Å²) in [5.41, 5.74) is 2.30. The highest BCUT2D eigenvalue weighted by Crippen LogP contribution is 2.23. The molecule has 0 atom stereocenters. The van der Waals surface area contributed by atoms with Crippen LogP contribution in [0.1, 0.15) is 19.6 Å². The Labute approximate surface area is 104 Å². The van der Waals surface area contributed by atoms with Gasteiger partial charge < -0.3 is 4.42 Å². The number of alkyl halides is 1. The molecule has 84 valence electrons. The molecule has 0 fully saturated rings. The number of rotatable bonds is 3. The van der Waals surface area contributed by atoms with E-state index in [0.29, 0.717) is 5.92 Å². The van der Waals surface area contributed by atoms with Crippen molar-refractivity contribution in [2.75, 3.05) is 5.33 Å². The zero-order valence-electron chi connectivity index (χ0n) is 9.53. The molecule has 0 radical (unpaired) electrons. The SMILES string of the molecule is CC(C)C(=Cc1cc2ccccc2o1)CBr. The molecule has 1 heterocycles. The predicted molar refractivity (Wildman–Crippen MR) is 72.8 cm³/mol. The van der Waals surface area contributed by atoms with E-state index >= 15 is 0 Å². The molecule has 0 aliphatic heterocycles. The van der Waals surface area contributed by atoms with Gasteiger partial charge in [0.25, 0.3) is 0 Å². The number of allylic oxidation sites excluding steroid dienone is 1. The summed E-state index contributed by atoms with van der Waals surface area (Å²) >= 11 is 3.51. The minimum Gasteiger partial charge on any atom is -0.457 e. The summed E-state index contributed by atoms with van der Waals surface area (Å²) in [7, 11) is 0. The lowest BCUT2D eigenvalue weighted by atomic mass is 10.0. The molecular weight excluding hydrogens is 264 g/mol. The molecule has 1 aromatic carbocycles. The summed E-state index contributed by atoms with van der Waals surface area (Å²) < 4.78 is 5.75. The van der Waals surface area contributed by atoms with E-state index in [0.717, 1.165) is 22.1 Å². The average Bonchev–Trinajstić information content (AvgIpc) is 2.67. The monoisotopic (exact) mass is 278 g/mol. The van der Waals surface area contributed by atoms with Gasteiger partial charge in [0.15, 0.2) is 0 Å². The standard InChI is InChI=1S/C14H15BrO/c1-10(2)12(9-15)8-13-7-11-5-3-4-6-14(11)16-13/h3-8,10H,9H2,1-2H3. The van der Waals surface area contributed by atoms with Crippen LogP contribution in [0.5, 0.6) is 0 Å². The van der Waals surface area contributed by atoms with Crippen molar-refractivity contribution in [1.29, 1.82) is 0 Å². The molecule has 0 saturated heterocycles. The number of benzene rings is 1. The average molecular weight is 279 g/mol. The molecule has 2 aromatic rings. The van der Waals surface area contributed by atoms with Gasteiger partial charge in [-0.3, -0.25) is 0 Å². The minimum absolute atomic E-state index is 0.535. The summed E-state index contributed by atoms with van der Waals surface area (Å²) in [4.78, 5) is 0. The van der Waals surface area contributed by atoms with Crippen LogP contribution in [0, 0.1) is 5.92 Å². The van der Waals surface area contributed by atoms with E-state index in [2.05, 4.69) is 48.0 Å². The van der Waals surface area contributed by atoms with Crippen LogP contribution in [0.4, 0.5) is 0 Å². The van der Waals surface area contributed by atoms with Crippen molar-refractivity contribution >= 4 is 33.0 Å². The highest BCUT2D eigenvalue weighted by Gasteiger charge is 2.05. The van der Waals surface area contributed by atoms with Crippen LogP contribution in [-0.2, 0) is 0 Å². The second-order valence-electron chi connectivity index (χ2n) is 4.19. The zero-order chi connectivity index (χ0) is 11.5. The second-order valence-corrected chi connectivity index (χ2v) is 4.75. The molecule has 16 heavy (non-hydrogen) atoms. The molecule has 0 saturated carbocycles. The van der Waals surface area contributed by atoms with Gasteiger partial charge in [-0.05, 0) is 24.1 Å². The van der Waals surface area contributed by atoms with Gasteiger partial charge in [-0.15, -0.1) is 0 Å². The molecular formula is C14H15BrO. The fraction of sp³-hybridized carbons (Fsp3) is 0.286. The Kier molecular flexibility index (Phi) is 3.49. The Hall–Kier alpha value is -1.02.